The Morgan fingerprint density at radius 3 is 2.68 bits per heavy atom. The summed E-state index contributed by atoms with van der Waals surface area (Å²) in [6, 6.07) is 13.1. The Balaban J connectivity index is 1.94. The number of aliphatic imine (C=N–C) groups is 1. The molecular formula is C18H22N6O. The van der Waals surface area contributed by atoms with E-state index in [-0.39, 0.29) is 5.56 Å². The Morgan fingerprint density at radius 1 is 1.24 bits per heavy atom. The molecule has 1 aromatic heterocycles. The van der Waals surface area contributed by atoms with Gasteiger partial charge in [0, 0.05) is 38.8 Å². The van der Waals surface area contributed by atoms with Crippen LogP contribution in [0.4, 0.5) is 0 Å². The SMILES string of the molecule is CN(C)C(=NCCCCn1nc(-c2ccccc2)ccc1=O)NC#N. The molecule has 0 atom stereocenters. The minimum absolute atomic E-state index is 0.108. The second-order valence-corrected chi connectivity index (χ2v) is 5.69. The lowest BCUT2D eigenvalue weighted by atomic mass is 10.1. The number of nitrogens with one attached hydrogen (secondary N) is 1. The van der Waals surface area contributed by atoms with Crippen LogP contribution in [0.15, 0.2) is 52.3 Å². The van der Waals surface area contributed by atoms with Crippen LogP contribution in [0.3, 0.4) is 0 Å². The van der Waals surface area contributed by atoms with Crippen LogP contribution in [0.2, 0.25) is 0 Å². The lowest BCUT2D eigenvalue weighted by molar-refractivity contribution is 0.534. The summed E-state index contributed by atoms with van der Waals surface area (Å²) in [5.74, 6) is 0.531. The van der Waals surface area contributed by atoms with Gasteiger partial charge in [-0.1, -0.05) is 30.3 Å². The first-order chi connectivity index (χ1) is 12.1. The summed E-state index contributed by atoms with van der Waals surface area (Å²) < 4.78 is 1.49. The van der Waals surface area contributed by atoms with Crippen molar-refractivity contribution < 1.29 is 0 Å². The van der Waals surface area contributed by atoms with Crippen molar-refractivity contribution in [2.45, 2.75) is 19.4 Å². The molecule has 1 N–H and O–H groups in total. The van der Waals surface area contributed by atoms with E-state index in [9.17, 15) is 4.79 Å². The number of aromatic nitrogens is 2. The first-order valence-corrected chi connectivity index (χ1v) is 8.12. The summed E-state index contributed by atoms with van der Waals surface area (Å²) in [6.45, 7) is 1.12. The van der Waals surface area contributed by atoms with Gasteiger partial charge in [-0.3, -0.25) is 15.1 Å². The molecule has 2 rings (SSSR count). The smallest absolute Gasteiger partial charge is 0.266 e. The molecule has 130 valence electrons. The molecule has 0 bridgehead atoms. The summed E-state index contributed by atoms with van der Waals surface area (Å²) in [5.41, 5.74) is 1.66. The topological polar surface area (TPSA) is 86.3 Å². The zero-order chi connectivity index (χ0) is 18.1. The van der Waals surface area contributed by atoms with Crippen molar-refractivity contribution in [1.82, 2.24) is 20.0 Å². The zero-order valence-electron chi connectivity index (χ0n) is 14.5. The van der Waals surface area contributed by atoms with Gasteiger partial charge in [-0.05, 0) is 18.9 Å². The lowest BCUT2D eigenvalue weighted by Gasteiger charge is -2.13. The Kier molecular flexibility index (Phi) is 6.72. The molecule has 2 aromatic rings. The minimum atomic E-state index is -0.108. The van der Waals surface area contributed by atoms with Crippen molar-refractivity contribution in [3.63, 3.8) is 0 Å². The highest BCUT2D eigenvalue weighted by Gasteiger charge is 2.03. The van der Waals surface area contributed by atoms with Gasteiger partial charge >= 0.3 is 0 Å². The van der Waals surface area contributed by atoms with E-state index < -0.39 is 0 Å². The number of aryl methyl sites for hydroxylation is 1. The fourth-order valence-corrected chi connectivity index (χ4v) is 2.27. The number of nitriles is 1. The second-order valence-electron chi connectivity index (χ2n) is 5.69. The van der Waals surface area contributed by atoms with Crippen LogP contribution >= 0.6 is 0 Å². The van der Waals surface area contributed by atoms with Crippen LogP contribution in [0.5, 0.6) is 0 Å². The molecule has 0 amide bonds. The average molecular weight is 338 g/mol. The summed E-state index contributed by atoms with van der Waals surface area (Å²) in [7, 11) is 3.64. The number of nitrogens with zero attached hydrogens (tertiary/aromatic N) is 5. The molecule has 1 heterocycles. The molecule has 0 radical (unpaired) electrons. The number of rotatable bonds is 6. The zero-order valence-corrected chi connectivity index (χ0v) is 14.5. The van der Waals surface area contributed by atoms with Crippen LogP contribution < -0.4 is 10.9 Å². The van der Waals surface area contributed by atoms with Crippen molar-refractivity contribution in [2.24, 2.45) is 4.99 Å². The summed E-state index contributed by atoms with van der Waals surface area (Å²) in [5, 5.41) is 15.6. The van der Waals surface area contributed by atoms with Gasteiger partial charge in [-0.15, -0.1) is 0 Å². The Bertz CT molecular complexity index is 804. The fourth-order valence-electron chi connectivity index (χ4n) is 2.27. The second kappa shape index (κ2) is 9.23. The van der Waals surface area contributed by atoms with E-state index in [2.05, 4.69) is 15.4 Å². The van der Waals surface area contributed by atoms with E-state index in [1.807, 2.05) is 50.6 Å². The van der Waals surface area contributed by atoms with Crippen LogP contribution in [0.1, 0.15) is 12.8 Å². The van der Waals surface area contributed by atoms with E-state index in [0.717, 1.165) is 24.1 Å². The molecule has 0 spiro atoms. The molecule has 1 aromatic carbocycles. The number of unbranched alkanes of at least 4 members (excludes halogenated alkanes) is 1. The maximum Gasteiger partial charge on any atom is 0.266 e. The van der Waals surface area contributed by atoms with Crippen molar-refractivity contribution in [1.29, 1.82) is 5.26 Å². The average Bonchev–Trinajstić information content (AvgIpc) is 2.62. The number of guanidine groups is 1. The van der Waals surface area contributed by atoms with Crippen molar-refractivity contribution in [3.05, 3.63) is 52.8 Å². The minimum Gasteiger partial charge on any atom is -0.348 e. The molecule has 7 nitrogen and oxygen atoms in total. The largest absolute Gasteiger partial charge is 0.348 e. The maximum absolute atomic E-state index is 12.0. The molecule has 25 heavy (non-hydrogen) atoms. The third-order valence-electron chi connectivity index (χ3n) is 3.57. The number of benzene rings is 1. The fraction of sp³-hybridized carbons (Fsp3) is 0.333. The summed E-state index contributed by atoms with van der Waals surface area (Å²) in [6.07, 6.45) is 3.45. The third-order valence-corrected chi connectivity index (χ3v) is 3.57. The van der Waals surface area contributed by atoms with Gasteiger partial charge in [0.15, 0.2) is 6.19 Å². The van der Waals surface area contributed by atoms with E-state index >= 15 is 0 Å². The number of hydrogen-bond acceptors (Lipinski definition) is 4. The van der Waals surface area contributed by atoms with Crippen molar-refractivity contribution in [2.75, 3.05) is 20.6 Å². The molecule has 0 fully saturated rings. The molecule has 7 heteroatoms. The van der Waals surface area contributed by atoms with Crippen molar-refractivity contribution >= 4 is 5.96 Å². The van der Waals surface area contributed by atoms with Gasteiger partial charge in [-0.25, -0.2) is 4.68 Å². The van der Waals surface area contributed by atoms with Crippen LogP contribution in [0, 0.1) is 11.5 Å². The van der Waals surface area contributed by atoms with Gasteiger partial charge < -0.3 is 4.90 Å². The summed E-state index contributed by atoms with van der Waals surface area (Å²) >= 11 is 0. The van der Waals surface area contributed by atoms with Gasteiger partial charge in [0.25, 0.3) is 5.56 Å². The Morgan fingerprint density at radius 2 is 2.00 bits per heavy atom. The molecule has 0 saturated heterocycles. The molecule has 0 aliphatic carbocycles. The standard InChI is InChI=1S/C18H22N6O/c1-23(2)18(21-14-19)20-12-6-7-13-24-17(25)11-10-16(22-24)15-8-4-3-5-9-15/h3-5,8-11H,6-7,12-13H2,1-2H3,(H,20,21). The van der Waals surface area contributed by atoms with Crippen LogP contribution in [0.25, 0.3) is 11.3 Å². The molecule has 0 aliphatic heterocycles. The van der Waals surface area contributed by atoms with Gasteiger partial charge in [-0.2, -0.15) is 10.4 Å². The monoisotopic (exact) mass is 338 g/mol. The van der Waals surface area contributed by atoms with Crippen molar-refractivity contribution in [3.8, 4) is 17.5 Å². The van der Waals surface area contributed by atoms with Crippen LogP contribution in [-0.4, -0.2) is 41.3 Å². The molecule has 0 unspecified atom stereocenters. The summed E-state index contributed by atoms with van der Waals surface area (Å²) in [4.78, 5) is 18.1. The maximum atomic E-state index is 12.0. The van der Waals surface area contributed by atoms with Gasteiger partial charge in [0.2, 0.25) is 5.96 Å². The first kappa shape index (κ1) is 18.2. The highest BCUT2D eigenvalue weighted by atomic mass is 16.1. The third kappa shape index (κ3) is 5.46. The van der Waals surface area contributed by atoms with E-state index in [4.69, 9.17) is 5.26 Å². The molecule has 0 saturated carbocycles. The van der Waals surface area contributed by atoms with Gasteiger partial charge in [0.1, 0.15) is 0 Å². The first-order valence-electron chi connectivity index (χ1n) is 8.12. The number of hydrogen-bond donors (Lipinski definition) is 1. The quantitative estimate of drug-likeness (QED) is 0.285. The van der Waals surface area contributed by atoms with E-state index in [1.165, 1.54) is 4.68 Å². The predicted octanol–water partition coefficient (Wildman–Crippen LogP) is 1.68. The van der Waals surface area contributed by atoms with E-state index in [0.29, 0.717) is 19.0 Å². The Hall–Kier alpha value is -3.14. The Labute approximate surface area is 147 Å². The van der Waals surface area contributed by atoms with E-state index in [1.54, 1.807) is 17.0 Å². The normalized spacial score (nSPS) is 11.0. The van der Waals surface area contributed by atoms with Crippen LogP contribution in [-0.2, 0) is 6.54 Å². The highest BCUT2D eigenvalue weighted by Crippen LogP contribution is 2.14. The predicted molar refractivity (Wildman–Crippen MR) is 97.9 cm³/mol. The molecule has 0 aliphatic rings. The highest BCUT2D eigenvalue weighted by molar-refractivity contribution is 5.80. The lowest BCUT2D eigenvalue weighted by Crippen LogP contribution is -2.33. The molecular weight excluding hydrogens is 316 g/mol. The van der Waals surface area contributed by atoms with Gasteiger partial charge in [0.05, 0.1) is 5.69 Å².